The van der Waals surface area contributed by atoms with E-state index in [1.54, 1.807) is 0 Å². The Morgan fingerprint density at radius 2 is 0.735 bits per heavy atom. The molecule has 4 nitrogen and oxygen atoms in total. The number of furan rings is 2. The van der Waals surface area contributed by atoms with Crippen LogP contribution in [0.25, 0.3) is 154 Å². The van der Waals surface area contributed by atoms with Gasteiger partial charge in [0, 0.05) is 66.6 Å². The number of hydrogen-bond acceptors (Lipinski definition) is 2. The zero-order chi connectivity index (χ0) is 44.2. The third-order valence-corrected chi connectivity index (χ3v) is 14.9. The predicted molar refractivity (Wildman–Crippen MR) is 282 cm³/mol. The summed E-state index contributed by atoms with van der Waals surface area (Å²) >= 11 is 0. The van der Waals surface area contributed by atoms with E-state index in [0.29, 0.717) is 0 Å². The summed E-state index contributed by atoms with van der Waals surface area (Å²) in [7, 11) is 0. The maximum absolute atomic E-state index is 6.65. The number of benzene rings is 11. The van der Waals surface area contributed by atoms with Crippen molar-refractivity contribution in [2.24, 2.45) is 0 Å². The van der Waals surface area contributed by atoms with Gasteiger partial charge in [0.2, 0.25) is 0 Å². The Labute approximate surface area is 388 Å². The minimum absolute atomic E-state index is 0.879. The second-order valence-electron chi connectivity index (χ2n) is 18.4. The monoisotopic (exact) mass is 864 g/mol. The van der Waals surface area contributed by atoms with E-state index in [9.17, 15) is 0 Å². The van der Waals surface area contributed by atoms with Crippen LogP contribution in [-0.2, 0) is 0 Å². The number of fused-ring (bicyclic) bond motifs is 15. The van der Waals surface area contributed by atoms with Crippen LogP contribution in [0.5, 0.6) is 0 Å². The summed E-state index contributed by atoms with van der Waals surface area (Å²) in [5.74, 6) is 0. The predicted octanol–water partition coefficient (Wildman–Crippen LogP) is 17.8. The molecule has 11 aromatic carbocycles. The lowest BCUT2D eigenvalue weighted by molar-refractivity contribution is 0.669. The summed E-state index contributed by atoms with van der Waals surface area (Å²) in [4.78, 5) is 0. The Kier molecular flexibility index (Phi) is 7.04. The molecule has 0 saturated carbocycles. The summed E-state index contributed by atoms with van der Waals surface area (Å²) in [6.45, 7) is 0. The first-order valence-electron chi connectivity index (χ1n) is 23.3. The van der Waals surface area contributed by atoms with Gasteiger partial charge < -0.3 is 18.0 Å². The highest BCUT2D eigenvalue weighted by Crippen LogP contribution is 2.50. The van der Waals surface area contributed by atoms with Crippen LogP contribution < -0.4 is 0 Å². The van der Waals surface area contributed by atoms with Crippen molar-refractivity contribution in [3.05, 3.63) is 218 Å². The first-order valence-corrected chi connectivity index (χ1v) is 23.3. The minimum atomic E-state index is 0.879. The van der Waals surface area contributed by atoms with Crippen LogP contribution in [0.2, 0.25) is 0 Å². The van der Waals surface area contributed by atoms with Crippen molar-refractivity contribution in [1.82, 2.24) is 9.13 Å². The van der Waals surface area contributed by atoms with Gasteiger partial charge in [0.05, 0.1) is 22.1 Å². The third-order valence-electron chi connectivity index (χ3n) is 14.9. The van der Waals surface area contributed by atoms with Crippen LogP contribution in [0.15, 0.2) is 227 Å². The van der Waals surface area contributed by atoms with Gasteiger partial charge in [0.25, 0.3) is 0 Å². The fourth-order valence-electron chi connectivity index (χ4n) is 11.8. The largest absolute Gasteiger partial charge is 0.456 e. The maximum atomic E-state index is 6.65. The van der Waals surface area contributed by atoms with E-state index in [0.717, 1.165) is 82.9 Å². The van der Waals surface area contributed by atoms with Crippen LogP contribution in [0, 0.1) is 0 Å². The van der Waals surface area contributed by atoms with Crippen molar-refractivity contribution >= 4 is 98.3 Å². The first kappa shape index (κ1) is 36.1. The topological polar surface area (TPSA) is 36.1 Å². The molecule has 4 heterocycles. The molecule has 0 aliphatic heterocycles. The Morgan fingerprint density at radius 3 is 1.51 bits per heavy atom. The van der Waals surface area contributed by atoms with E-state index in [1.807, 2.05) is 6.07 Å². The zero-order valence-corrected chi connectivity index (χ0v) is 36.5. The smallest absolute Gasteiger partial charge is 0.137 e. The molecule has 0 saturated heterocycles. The molecule has 0 amide bonds. The number of para-hydroxylation sites is 3. The quantitative estimate of drug-likeness (QED) is 0.177. The molecule has 16 rings (SSSR count). The van der Waals surface area contributed by atoms with Gasteiger partial charge in [0.15, 0.2) is 0 Å². The van der Waals surface area contributed by atoms with Crippen LogP contribution >= 0.6 is 0 Å². The molecule has 0 bridgehead atoms. The van der Waals surface area contributed by atoms with Gasteiger partial charge in [0.1, 0.15) is 22.3 Å². The Morgan fingerprint density at radius 1 is 0.235 bits per heavy atom. The summed E-state index contributed by atoms with van der Waals surface area (Å²) < 4.78 is 17.9. The van der Waals surface area contributed by atoms with Crippen LogP contribution in [0.1, 0.15) is 0 Å². The summed E-state index contributed by atoms with van der Waals surface area (Å²) in [5.41, 5.74) is 20.3. The third kappa shape index (κ3) is 4.87. The number of hydrogen-bond donors (Lipinski definition) is 0. The van der Waals surface area contributed by atoms with Crippen molar-refractivity contribution in [2.75, 3.05) is 0 Å². The van der Waals surface area contributed by atoms with Crippen molar-refractivity contribution in [3.63, 3.8) is 0 Å². The SMILES string of the molecule is c1ccc(-n2c3ccccc3c3cc4c(cc32)oc2ccc(-c3ccc5c(c3)c3cc6c(cc3n5-c3ccc(-c5ccc7c8c(cccc58)-c5ccccc5-7)cc3)oc3ccccc36)cc24)cc1. The molecule has 0 radical (unpaired) electrons. The van der Waals surface area contributed by atoms with Gasteiger partial charge in [-0.2, -0.15) is 0 Å². The molecule has 314 valence electrons. The molecular formula is C64H36N2O2. The lowest BCUT2D eigenvalue weighted by Gasteiger charge is -2.12. The number of rotatable bonds is 4. The molecule has 0 atom stereocenters. The van der Waals surface area contributed by atoms with Crippen LogP contribution in [0.4, 0.5) is 0 Å². The standard InChI is InChI=1S/C64H36N2O2/c1-2-11-40(12-3-1)65-56-19-8-6-15-45(56)51-33-55-53-32-39(24-30-61(53)68-63(55)35-58(51)65)38-23-29-57-50(31-38)52-34-54-46-16-7-9-20-60(46)67-62(54)36-59(52)66(57)41-25-21-37(22-26-41)42-27-28-49-44-14-5-4-13-43(44)48-18-10-17-47(42)64(48)49/h1-36H. The van der Waals surface area contributed by atoms with E-state index in [-0.39, 0.29) is 0 Å². The fourth-order valence-corrected chi connectivity index (χ4v) is 11.8. The van der Waals surface area contributed by atoms with E-state index in [1.165, 1.54) is 71.2 Å². The van der Waals surface area contributed by atoms with E-state index in [2.05, 4.69) is 221 Å². The lowest BCUT2D eigenvalue weighted by atomic mass is 9.94. The molecule has 0 fully saturated rings. The maximum Gasteiger partial charge on any atom is 0.137 e. The molecule has 0 N–H and O–H groups in total. The minimum Gasteiger partial charge on any atom is -0.456 e. The van der Waals surface area contributed by atoms with Crippen molar-refractivity contribution in [3.8, 4) is 55.9 Å². The van der Waals surface area contributed by atoms with Crippen molar-refractivity contribution in [2.45, 2.75) is 0 Å². The van der Waals surface area contributed by atoms with Gasteiger partial charge in [-0.1, -0.05) is 133 Å². The first-order chi connectivity index (χ1) is 33.7. The lowest BCUT2D eigenvalue weighted by Crippen LogP contribution is -1.94. The fraction of sp³-hybridized carbons (Fsp3) is 0. The van der Waals surface area contributed by atoms with Crippen LogP contribution in [-0.4, -0.2) is 9.13 Å². The van der Waals surface area contributed by atoms with E-state index >= 15 is 0 Å². The summed E-state index contributed by atoms with van der Waals surface area (Å²) in [5, 5.41) is 11.9. The molecule has 68 heavy (non-hydrogen) atoms. The van der Waals surface area contributed by atoms with Crippen LogP contribution in [0.3, 0.4) is 0 Å². The summed E-state index contributed by atoms with van der Waals surface area (Å²) in [6, 6.07) is 79.5. The average Bonchev–Trinajstić information content (AvgIpc) is 4.19. The molecule has 0 spiro atoms. The van der Waals surface area contributed by atoms with Gasteiger partial charge in [-0.05, 0) is 128 Å². The molecule has 4 heteroatoms. The molecular weight excluding hydrogens is 829 g/mol. The van der Waals surface area contributed by atoms with Crippen molar-refractivity contribution < 1.29 is 8.83 Å². The second-order valence-corrected chi connectivity index (χ2v) is 18.4. The van der Waals surface area contributed by atoms with Gasteiger partial charge in [-0.25, -0.2) is 0 Å². The Bertz CT molecular complexity index is 4630. The van der Waals surface area contributed by atoms with Gasteiger partial charge in [-0.15, -0.1) is 0 Å². The molecule has 4 aromatic heterocycles. The average molecular weight is 865 g/mol. The molecule has 1 aliphatic carbocycles. The molecule has 1 aliphatic rings. The van der Waals surface area contributed by atoms with Crippen molar-refractivity contribution in [1.29, 1.82) is 0 Å². The highest BCUT2D eigenvalue weighted by molar-refractivity contribution is 6.21. The second kappa shape index (κ2) is 13.3. The highest BCUT2D eigenvalue weighted by Gasteiger charge is 2.23. The highest BCUT2D eigenvalue weighted by atomic mass is 16.3. The summed E-state index contributed by atoms with van der Waals surface area (Å²) in [6.07, 6.45) is 0. The number of aromatic nitrogens is 2. The van der Waals surface area contributed by atoms with Gasteiger partial charge in [-0.3, -0.25) is 0 Å². The van der Waals surface area contributed by atoms with E-state index < -0.39 is 0 Å². The Balaban J connectivity index is 0.862. The Hall–Kier alpha value is -9.12. The zero-order valence-electron chi connectivity index (χ0n) is 36.5. The van der Waals surface area contributed by atoms with Gasteiger partial charge >= 0.3 is 0 Å². The number of nitrogens with zero attached hydrogens (tertiary/aromatic N) is 2. The molecule has 0 unspecified atom stereocenters. The van der Waals surface area contributed by atoms with E-state index in [4.69, 9.17) is 8.83 Å². The normalized spacial score (nSPS) is 12.4. The molecule has 15 aromatic rings.